The van der Waals surface area contributed by atoms with Crippen LogP contribution in [0.15, 0.2) is 41.1 Å². The number of halogens is 1. The normalized spacial score (nSPS) is 20.0. The molecule has 0 amide bonds. The van der Waals surface area contributed by atoms with Gasteiger partial charge >= 0.3 is 0 Å². The lowest BCUT2D eigenvalue weighted by Gasteiger charge is -2.19. The van der Waals surface area contributed by atoms with Crippen LogP contribution in [0.2, 0.25) is 0 Å². The zero-order valence-electron chi connectivity index (χ0n) is 14.8. The Morgan fingerprint density at radius 1 is 1.35 bits per heavy atom. The van der Waals surface area contributed by atoms with E-state index in [1.807, 2.05) is 24.9 Å². The van der Waals surface area contributed by atoms with Gasteiger partial charge in [0.1, 0.15) is 11.9 Å². The number of ether oxygens (including phenoxy) is 1. The molecule has 3 aromatic rings. The lowest BCUT2D eigenvalue weighted by molar-refractivity contribution is 0.0974. The Bertz CT molecular complexity index is 905. The third-order valence-electron chi connectivity index (χ3n) is 4.85. The highest BCUT2D eigenvalue weighted by Crippen LogP contribution is 2.31. The van der Waals surface area contributed by atoms with Crippen LogP contribution in [-0.2, 0) is 18.3 Å². The maximum atomic E-state index is 13.4. The van der Waals surface area contributed by atoms with E-state index in [1.165, 1.54) is 12.1 Å². The Balaban J connectivity index is 1.43. The van der Waals surface area contributed by atoms with Crippen molar-refractivity contribution in [1.29, 1.82) is 0 Å². The number of nitrogens with one attached hydrogen (secondary N) is 1. The third kappa shape index (κ3) is 3.27. The van der Waals surface area contributed by atoms with Gasteiger partial charge in [0.2, 0.25) is 5.89 Å². The zero-order valence-corrected chi connectivity index (χ0v) is 14.8. The van der Waals surface area contributed by atoms with Crippen molar-refractivity contribution in [1.82, 2.24) is 20.1 Å². The SMILES string of the molecule is Cc1c([C@H]2OCC[C@@H]2NCc2ncc(-c3cccc(F)c3)o2)cnn1C. The van der Waals surface area contributed by atoms with Gasteiger partial charge in [-0.3, -0.25) is 4.68 Å². The topological polar surface area (TPSA) is 65.1 Å². The van der Waals surface area contributed by atoms with Crippen LogP contribution in [0.3, 0.4) is 0 Å². The molecule has 2 aromatic heterocycles. The lowest BCUT2D eigenvalue weighted by Crippen LogP contribution is -2.31. The summed E-state index contributed by atoms with van der Waals surface area (Å²) in [4.78, 5) is 4.29. The van der Waals surface area contributed by atoms with E-state index in [2.05, 4.69) is 15.4 Å². The second-order valence-electron chi connectivity index (χ2n) is 6.50. The molecule has 7 heteroatoms. The van der Waals surface area contributed by atoms with Crippen LogP contribution in [0.5, 0.6) is 0 Å². The summed E-state index contributed by atoms with van der Waals surface area (Å²) in [7, 11) is 1.93. The van der Waals surface area contributed by atoms with E-state index in [-0.39, 0.29) is 18.0 Å². The molecule has 6 nitrogen and oxygen atoms in total. The lowest BCUT2D eigenvalue weighted by atomic mass is 10.0. The van der Waals surface area contributed by atoms with Crippen LogP contribution >= 0.6 is 0 Å². The number of oxazole rings is 1. The van der Waals surface area contributed by atoms with E-state index < -0.39 is 0 Å². The van der Waals surface area contributed by atoms with Crippen LogP contribution in [0, 0.1) is 12.7 Å². The molecule has 1 aliphatic rings. The molecular weight excluding hydrogens is 335 g/mol. The summed E-state index contributed by atoms with van der Waals surface area (Å²) in [5.41, 5.74) is 2.89. The van der Waals surface area contributed by atoms with Crippen LogP contribution in [0.1, 0.15) is 29.7 Å². The molecule has 3 heterocycles. The highest BCUT2D eigenvalue weighted by Gasteiger charge is 2.31. The molecule has 0 radical (unpaired) electrons. The Morgan fingerprint density at radius 2 is 2.23 bits per heavy atom. The molecule has 1 fully saturated rings. The summed E-state index contributed by atoms with van der Waals surface area (Å²) in [6.07, 6.45) is 4.38. The maximum absolute atomic E-state index is 13.4. The molecule has 0 spiro atoms. The molecule has 26 heavy (non-hydrogen) atoms. The Hall–Kier alpha value is -2.51. The molecule has 0 unspecified atom stereocenters. The first kappa shape index (κ1) is 16.9. The predicted octanol–water partition coefficient (Wildman–Crippen LogP) is 3.14. The monoisotopic (exact) mass is 356 g/mol. The number of hydrogen-bond acceptors (Lipinski definition) is 5. The van der Waals surface area contributed by atoms with E-state index >= 15 is 0 Å². The Labute approximate surface area is 151 Å². The minimum Gasteiger partial charge on any atom is -0.439 e. The first-order valence-electron chi connectivity index (χ1n) is 8.66. The van der Waals surface area contributed by atoms with E-state index in [0.717, 1.165) is 17.7 Å². The quantitative estimate of drug-likeness (QED) is 0.761. The van der Waals surface area contributed by atoms with Crippen molar-refractivity contribution in [2.75, 3.05) is 6.61 Å². The van der Waals surface area contributed by atoms with Gasteiger partial charge in [0, 0.05) is 36.5 Å². The molecule has 4 rings (SSSR count). The summed E-state index contributed by atoms with van der Waals surface area (Å²) in [5, 5.41) is 7.77. The van der Waals surface area contributed by atoms with Crippen molar-refractivity contribution >= 4 is 0 Å². The van der Waals surface area contributed by atoms with Crippen LogP contribution in [0.25, 0.3) is 11.3 Å². The third-order valence-corrected chi connectivity index (χ3v) is 4.85. The molecule has 136 valence electrons. The molecule has 0 saturated carbocycles. The fourth-order valence-corrected chi connectivity index (χ4v) is 3.29. The van der Waals surface area contributed by atoms with E-state index in [9.17, 15) is 4.39 Å². The van der Waals surface area contributed by atoms with Gasteiger partial charge in [-0.1, -0.05) is 12.1 Å². The molecular formula is C19H21FN4O2. The maximum Gasteiger partial charge on any atom is 0.208 e. The molecule has 0 aliphatic carbocycles. The minimum atomic E-state index is -0.295. The van der Waals surface area contributed by atoms with Gasteiger partial charge in [0.15, 0.2) is 5.76 Å². The van der Waals surface area contributed by atoms with Crippen LogP contribution < -0.4 is 5.32 Å². The second kappa shape index (κ2) is 7.01. The number of aromatic nitrogens is 3. The molecule has 1 aromatic carbocycles. The summed E-state index contributed by atoms with van der Waals surface area (Å²) < 4.78 is 26.9. The number of aryl methyl sites for hydroxylation is 1. The number of rotatable bonds is 5. The predicted molar refractivity (Wildman–Crippen MR) is 93.8 cm³/mol. The van der Waals surface area contributed by atoms with Gasteiger partial charge in [0.25, 0.3) is 0 Å². The Morgan fingerprint density at radius 3 is 3.00 bits per heavy atom. The summed E-state index contributed by atoms with van der Waals surface area (Å²) in [6, 6.07) is 6.46. The molecule has 0 bridgehead atoms. The minimum absolute atomic E-state index is 0.0265. The van der Waals surface area contributed by atoms with Gasteiger partial charge in [-0.05, 0) is 25.5 Å². The van der Waals surface area contributed by atoms with Gasteiger partial charge in [0.05, 0.1) is 18.9 Å². The second-order valence-corrected chi connectivity index (χ2v) is 6.50. The molecule has 2 atom stereocenters. The first-order chi connectivity index (χ1) is 12.6. The smallest absolute Gasteiger partial charge is 0.208 e. The van der Waals surface area contributed by atoms with Crippen LogP contribution in [0.4, 0.5) is 4.39 Å². The van der Waals surface area contributed by atoms with Crippen molar-refractivity contribution < 1.29 is 13.5 Å². The largest absolute Gasteiger partial charge is 0.439 e. The highest BCUT2D eigenvalue weighted by molar-refractivity contribution is 5.56. The molecule has 1 N–H and O–H groups in total. The van der Waals surface area contributed by atoms with Gasteiger partial charge < -0.3 is 14.5 Å². The average Bonchev–Trinajstić information content (AvgIpc) is 3.35. The number of nitrogens with zero attached hydrogens (tertiary/aromatic N) is 3. The average molecular weight is 356 g/mol. The Kier molecular flexibility index (Phi) is 4.57. The first-order valence-corrected chi connectivity index (χ1v) is 8.66. The highest BCUT2D eigenvalue weighted by atomic mass is 19.1. The van der Waals surface area contributed by atoms with Crippen molar-refractivity contribution in [3.05, 3.63) is 59.6 Å². The van der Waals surface area contributed by atoms with Crippen molar-refractivity contribution in [3.8, 4) is 11.3 Å². The van der Waals surface area contributed by atoms with Gasteiger partial charge in [-0.25, -0.2) is 9.37 Å². The summed E-state index contributed by atoms with van der Waals surface area (Å²) in [5.74, 6) is 0.831. The van der Waals surface area contributed by atoms with Crippen molar-refractivity contribution in [3.63, 3.8) is 0 Å². The van der Waals surface area contributed by atoms with Crippen molar-refractivity contribution in [2.24, 2.45) is 7.05 Å². The molecule has 1 saturated heterocycles. The number of benzene rings is 1. The number of hydrogen-bond donors (Lipinski definition) is 1. The fraction of sp³-hybridized carbons (Fsp3) is 0.368. The fourth-order valence-electron chi connectivity index (χ4n) is 3.29. The standard InChI is InChI=1S/C19H21FN4O2/c1-12-15(9-23-24(12)2)19-16(6-7-25-19)21-11-18-22-10-17(26-18)13-4-3-5-14(20)8-13/h3-5,8-10,16,19,21H,6-7,11H2,1-2H3/t16-,19+/m0/s1. The van der Waals surface area contributed by atoms with Crippen LogP contribution in [-0.4, -0.2) is 27.4 Å². The summed E-state index contributed by atoms with van der Waals surface area (Å²) >= 11 is 0. The summed E-state index contributed by atoms with van der Waals surface area (Å²) in [6.45, 7) is 3.23. The molecule has 1 aliphatic heterocycles. The van der Waals surface area contributed by atoms with E-state index in [1.54, 1.807) is 18.3 Å². The van der Waals surface area contributed by atoms with Crippen molar-refractivity contribution in [2.45, 2.75) is 32.0 Å². The van der Waals surface area contributed by atoms with Gasteiger partial charge in [-0.2, -0.15) is 5.10 Å². The van der Waals surface area contributed by atoms with E-state index in [4.69, 9.17) is 9.15 Å². The zero-order chi connectivity index (χ0) is 18.1. The van der Waals surface area contributed by atoms with Gasteiger partial charge in [-0.15, -0.1) is 0 Å². The van der Waals surface area contributed by atoms with E-state index in [0.29, 0.717) is 30.4 Å².